The minimum atomic E-state index is -0.429. The number of piperazine rings is 1. The molecule has 2 amide bonds. The lowest BCUT2D eigenvalue weighted by Gasteiger charge is -2.36. The zero-order chi connectivity index (χ0) is 25.8. The molecule has 4 aromatic rings. The number of nitrogens with one attached hydrogen (secondary N) is 1. The fourth-order valence-corrected chi connectivity index (χ4v) is 4.09. The van der Waals surface area contributed by atoms with Crippen LogP contribution in [0.25, 0.3) is 11.4 Å². The summed E-state index contributed by atoms with van der Waals surface area (Å²) in [6.45, 7) is 2.24. The Morgan fingerprint density at radius 3 is 2.19 bits per heavy atom. The SMILES string of the molecule is O=C(Nc1ccccc1-c1nnn(CC(=O)N2CCN(c3ccc(F)cc3)CC2)n1)c1ccc(F)cc1. The summed E-state index contributed by atoms with van der Waals surface area (Å²) in [6, 6.07) is 18.5. The number of anilines is 2. The number of aromatic nitrogens is 4. The van der Waals surface area contributed by atoms with Crippen molar-refractivity contribution in [1.82, 2.24) is 25.1 Å². The molecule has 11 heteroatoms. The molecule has 1 saturated heterocycles. The molecule has 1 fully saturated rings. The summed E-state index contributed by atoms with van der Waals surface area (Å²) in [4.78, 5) is 30.5. The molecular weight excluding hydrogens is 480 g/mol. The number of para-hydroxylation sites is 1. The van der Waals surface area contributed by atoms with Gasteiger partial charge in [0.15, 0.2) is 0 Å². The van der Waals surface area contributed by atoms with E-state index >= 15 is 0 Å². The van der Waals surface area contributed by atoms with E-state index < -0.39 is 11.7 Å². The van der Waals surface area contributed by atoms with Crippen molar-refractivity contribution in [3.05, 3.63) is 90.0 Å². The van der Waals surface area contributed by atoms with Gasteiger partial charge in [-0.25, -0.2) is 8.78 Å². The topological polar surface area (TPSA) is 96.2 Å². The van der Waals surface area contributed by atoms with Crippen LogP contribution in [0.2, 0.25) is 0 Å². The molecule has 0 radical (unpaired) electrons. The predicted molar refractivity (Wildman–Crippen MR) is 133 cm³/mol. The average Bonchev–Trinajstić information content (AvgIpc) is 3.38. The van der Waals surface area contributed by atoms with Crippen molar-refractivity contribution in [3.63, 3.8) is 0 Å². The van der Waals surface area contributed by atoms with Gasteiger partial charge in [0.25, 0.3) is 5.91 Å². The Balaban J connectivity index is 1.21. The summed E-state index contributed by atoms with van der Waals surface area (Å²) in [6.07, 6.45) is 0. The minimum Gasteiger partial charge on any atom is -0.368 e. The lowest BCUT2D eigenvalue weighted by Crippen LogP contribution is -2.49. The van der Waals surface area contributed by atoms with E-state index in [-0.39, 0.29) is 24.1 Å². The number of nitrogens with zero attached hydrogens (tertiary/aromatic N) is 6. The van der Waals surface area contributed by atoms with E-state index in [0.717, 1.165) is 5.69 Å². The van der Waals surface area contributed by atoms with Gasteiger partial charge in [0.2, 0.25) is 11.7 Å². The maximum atomic E-state index is 13.2. The molecule has 1 N–H and O–H groups in total. The maximum Gasteiger partial charge on any atom is 0.255 e. The molecule has 188 valence electrons. The summed E-state index contributed by atoms with van der Waals surface area (Å²) in [5.41, 5.74) is 2.21. The first-order chi connectivity index (χ1) is 18.0. The molecule has 0 spiro atoms. The number of rotatable bonds is 6. The van der Waals surface area contributed by atoms with E-state index in [9.17, 15) is 18.4 Å². The third-order valence-corrected chi connectivity index (χ3v) is 6.08. The summed E-state index contributed by atoms with van der Waals surface area (Å²) in [5, 5.41) is 15.2. The van der Waals surface area contributed by atoms with E-state index in [0.29, 0.717) is 43.0 Å². The molecule has 9 nitrogen and oxygen atoms in total. The van der Waals surface area contributed by atoms with Crippen LogP contribution in [0, 0.1) is 11.6 Å². The maximum absolute atomic E-state index is 13.2. The molecule has 37 heavy (non-hydrogen) atoms. The number of hydrogen-bond acceptors (Lipinski definition) is 6. The summed E-state index contributed by atoms with van der Waals surface area (Å²) in [7, 11) is 0. The van der Waals surface area contributed by atoms with Crippen molar-refractivity contribution in [3.8, 4) is 11.4 Å². The Morgan fingerprint density at radius 2 is 1.49 bits per heavy atom. The van der Waals surface area contributed by atoms with Crippen LogP contribution in [0.5, 0.6) is 0 Å². The van der Waals surface area contributed by atoms with Crippen LogP contribution < -0.4 is 10.2 Å². The van der Waals surface area contributed by atoms with E-state index in [1.165, 1.54) is 41.2 Å². The molecular formula is C26H23F2N7O2. The first-order valence-corrected chi connectivity index (χ1v) is 11.7. The van der Waals surface area contributed by atoms with Crippen LogP contribution in [0.3, 0.4) is 0 Å². The van der Waals surface area contributed by atoms with Crippen LogP contribution in [0.15, 0.2) is 72.8 Å². The standard InChI is InChI=1S/C26H23F2N7O2/c27-19-7-5-18(6-8-19)26(37)29-23-4-2-1-3-22(23)25-30-32-35(31-25)17-24(36)34-15-13-33(14-16-34)21-11-9-20(28)10-12-21/h1-12H,13-17H2,(H,29,37). The predicted octanol–water partition coefficient (Wildman–Crippen LogP) is 3.22. The van der Waals surface area contributed by atoms with Crippen molar-refractivity contribution >= 4 is 23.2 Å². The van der Waals surface area contributed by atoms with Gasteiger partial charge in [0.1, 0.15) is 18.2 Å². The second-order valence-corrected chi connectivity index (χ2v) is 8.49. The van der Waals surface area contributed by atoms with Gasteiger partial charge in [-0.15, -0.1) is 10.2 Å². The van der Waals surface area contributed by atoms with E-state index in [1.807, 2.05) is 0 Å². The molecule has 0 aliphatic carbocycles. The normalized spacial score (nSPS) is 13.5. The molecule has 1 aromatic heterocycles. The number of tetrazole rings is 1. The van der Waals surface area contributed by atoms with Gasteiger partial charge in [0.05, 0.1) is 5.69 Å². The Labute approximate surface area is 211 Å². The monoisotopic (exact) mass is 503 g/mol. The zero-order valence-electron chi connectivity index (χ0n) is 19.7. The number of amides is 2. The van der Waals surface area contributed by atoms with Gasteiger partial charge in [-0.05, 0) is 65.9 Å². The lowest BCUT2D eigenvalue weighted by molar-refractivity contribution is -0.132. The molecule has 0 unspecified atom stereocenters. The van der Waals surface area contributed by atoms with Crippen molar-refractivity contribution in [2.24, 2.45) is 0 Å². The Hall–Kier alpha value is -4.67. The quantitative estimate of drug-likeness (QED) is 0.434. The third kappa shape index (κ3) is 5.61. The zero-order valence-corrected chi connectivity index (χ0v) is 19.7. The van der Waals surface area contributed by atoms with Crippen LogP contribution in [0.1, 0.15) is 10.4 Å². The molecule has 0 atom stereocenters. The van der Waals surface area contributed by atoms with Crippen LogP contribution in [-0.4, -0.2) is 63.1 Å². The largest absolute Gasteiger partial charge is 0.368 e. The van der Waals surface area contributed by atoms with E-state index in [4.69, 9.17) is 0 Å². The first-order valence-electron chi connectivity index (χ1n) is 11.7. The average molecular weight is 504 g/mol. The van der Waals surface area contributed by atoms with Crippen molar-refractivity contribution in [2.45, 2.75) is 6.54 Å². The second kappa shape index (κ2) is 10.5. The third-order valence-electron chi connectivity index (χ3n) is 6.08. The second-order valence-electron chi connectivity index (χ2n) is 8.49. The van der Waals surface area contributed by atoms with Gasteiger partial charge in [0, 0.05) is 43.0 Å². The lowest BCUT2D eigenvalue weighted by atomic mass is 10.1. The van der Waals surface area contributed by atoms with Crippen molar-refractivity contribution < 1.29 is 18.4 Å². The summed E-state index contributed by atoms with van der Waals surface area (Å²) < 4.78 is 26.4. The minimum absolute atomic E-state index is 0.0757. The fourth-order valence-electron chi connectivity index (χ4n) is 4.09. The molecule has 3 aromatic carbocycles. The highest BCUT2D eigenvalue weighted by molar-refractivity contribution is 6.06. The molecule has 0 bridgehead atoms. The molecule has 0 saturated carbocycles. The van der Waals surface area contributed by atoms with Gasteiger partial charge in [-0.2, -0.15) is 4.80 Å². The highest BCUT2D eigenvalue weighted by Gasteiger charge is 2.23. The van der Waals surface area contributed by atoms with Crippen molar-refractivity contribution in [2.75, 3.05) is 36.4 Å². The molecule has 1 aliphatic rings. The highest BCUT2D eigenvalue weighted by atomic mass is 19.1. The van der Waals surface area contributed by atoms with Crippen LogP contribution in [-0.2, 0) is 11.3 Å². The number of carbonyl (C=O) groups is 2. The molecule has 2 heterocycles. The van der Waals surface area contributed by atoms with Crippen LogP contribution >= 0.6 is 0 Å². The van der Waals surface area contributed by atoms with Crippen molar-refractivity contribution in [1.29, 1.82) is 0 Å². The fraction of sp³-hybridized carbons (Fsp3) is 0.192. The summed E-state index contributed by atoms with van der Waals surface area (Å²) >= 11 is 0. The Morgan fingerprint density at radius 1 is 0.838 bits per heavy atom. The smallest absolute Gasteiger partial charge is 0.255 e. The van der Waals surface area contributed by atoms with Gasteiger partial charge in [-0.1, -0.05) is 12.1 Å². The first kappa shape index (κ1) is 24.0. The number of carbonyl (C=O) groups excluding carboxylic acids is 2. The van der Waals surface area contributed by atoms with Gasteiger partial charge in [-0.3, -0.25) is 9.59 Å². The van der Waals surface area contributed by atoms with E-state index in [2.05, 4.69) is 25.6 Å². The summed E-state index contributed by atoms with van der Waals surface area (Å²) in [5.74, 6) is -1.00. The van der Waals surface area contributed by atoms with Crippen LogP contribution in [0.4, 0.5) is 20.2 Å². The van der Waals surface area contributed by atoms with Gasteiger partial charge < -0.3 is 15.1 Å². The molecule has 1 aliphatic heterocycles. The number of halogens is 2. The molecule has 5 rings (SSSR count). The number of benzene rings is 3. The highest BCUT2D eigenvalue weighted by Crippen LogP contribution is 2.25. The van der Waals surface area contributed by atoms with E-state index in [1.54, 1.807) is 41.3 Å². The Bertz CT molecular complexity index is 1400. The number of hydrogen-bond donors (Lipinski definition) is 1. The Kier molecular flexibility index (Phi) is 6.84. The van der Waals surface area contributed by atoms with Gasteiger partial charge >= 0.3 is 0 Å².